The molecule has 0 bridgehead atoms. The van der Waals surface area contributed by atoms with E-state index in [9.17, 15) is 13.9 Å². The highest BCUT2D eigenvalue weighted by Crippen LogP contribution is 2.38. The van der Waals surface area contributed by atoms with Crippen LogP contribution in [0.25, 0.3) is 6.08 Å². The third-order valence-electron chi connectivity index (χ3n) is 3.42. The van der Waals surface area contributed by atoms with Crippen LogP contribution in [0.1, 0.15) is 31.7 Å². The van der Waals surface area contributed by atoms with Gasteiger partial charge < -0.3 is 15.2 Å². The molecule has 2 N–H and O–H groups in total. The van der Waals surface area contributed by atoms with E-state index in [0.29, 0.717) is 29.8 Å². The maximum absolute atomic E-state index is 14.1. The summed E-state index contributed by atoms with van der Waals surface area (Å²) in [6.07, 6.45) is 0.860. The summed E-state index contributed by atoms with van der Waals surface area (Å²) >= 11 is 0. The first-order valence-electron chi connectivity index (χ1n) is 6.70. The van der Waals surface area contributed by atoms with Gasteiger partial charge in [0.25, 0.3) is 5.92 Å². The third-order valence-corrected chi connectivity index (χ3v) is 3.42. The van der Waals surface area contributed by atoms with Gasteiger partial charge in [0.15, 0.2) is 6.23 Å². The van der Waals surface area contributed by atoms with E-state index in [-0.39, 0.29) is 12.0 Å². The predicted molar refractivity (Wildman–Crippen MR) is 75.1 cm³/mol. The molecule has 0 fully saturated rings. The van der Waals surface area contributed by atoms with Gasteiger partial charge in [0, 0.05) is 23.7 Å². The Morgan fingerprint density at radius 2 is 2.15 bits per heavy atom. The highest BCUT2D eigenvalue weighted by Gasteiger charge is 2.39. The number of nitrogens with one attached hydrogen (secondary N) is 1. The maximum Gasteiger partial charge on any atom is 0.273 e. The lowest BCUT2D eigenvalue weighted by atomic mass is 9.95. The number of fused-ring (bicyclic) bond motifs is 1. The Morgan fingerprint density at radius 1 is 1.40 bits per heavy atom. The fraction of sp³-hybridized carbons (Fsp3) is 0.467. The number of hydrogen-bond donors (Lipinski definition) is 2. The van der Waals surface area contributed by atoms with Crippen LogP contribution in [0.5, 0.6) is 5.75 Å². The quantitative estimate of drug-likeness (QED) is 0.866. The Hall–Kier alpha value is -1.62. The van der Waals surface area contributed by atoms with Gasteiger partial charge in [-0.05, 0) is 30.2 Å². The van der Waals surface area contributed by atoms with Crippen LogP contribution in [-0.4, -0.2) is 24.4 Å². The SMILES string of the molecule is CCCCC(F)(F)C1=Cc2ccc(OC)cc2NC1O. The second-order valence-corrected chi connectivity index (χ2v) is 4.91. The van der Waals surface area contributed by atoms with E-state index in [1.807, 2.05) is 6.92 Å². The second kappa shape index (κ2) is 5.79. The normalized spacial score (nSPS) is 18.1. The van der Waals surface area contributed by atoms with Crippen LogP contribution in [0.2, 0.25) is 0 Å². The lowest BCUT2D eigenvalue weighted by Gasteiger charge is -2.29. The van der Waals surface area contributed by atoms with Crippen LogP contribution < -0.4 is 10.1 Å². The monoisotopic (exact) mass is 283 g/mol. The topological polar surface area (TPSA) is 41.5 Å². The maximum atomic E-state index is 14.1. The van der Waals surface area contributed by atoms with Crippen LogP contribution in [0.15, 0.2) is 23.8 Å². The number of benzene rings is 1. The molecular weight excluding hydrogens is 264 g/mol. The van der Waals surface area contributed by atoms with E-state index < -0.39 is 12.2 Å². The van der Waals surface area contributed by atoms with Crippen LogP contribution in [-0.2, 0) is 0 Å². The van der Waals surface area contributed by atoms with E-state index in [4.69, 9.17) is 4.74 Å². The smallest absolute Gasteiger partial charge is 0.273 e. The lowest BCUT2D eigenvalue weighted by Crippen LogP contribution is -2.35. The number of methoxy groups -OCH3 is 1. The number of alkyl halides is 2. The molecule has 0 saturated heterocycles. The van der Waals surface area contributed by atoms with Crippen molar-refractivity contribution in [2.45, 2.75) is 38.3 Å². The Bertz CT molecular complexity index is 515. The molecule has 1 aliphatic heterocycles. The first kappa shape index (κ1) is 14.8. The molecular formula is C15H19F2NO2. The van der Waals surface area contributed by atoms with E-state index in [2.05, 4.69) is 5.32 Å². The first-order chi connectivity index (χ1) is 9.47. The summed E-state index contributed by atoms with van der Waals surface area (Å²) in [4.78, 5) is 0. The summed E-state index contributed by atoms with van der Waals surface area (Å²) in [5.41, 5.74) is 0.942. The van der Waals surface area contributed by atoms with Crippen molar-refractivity contribution in [3.8, 4) is 5.75 Å². The number of rotatable bonds is 5. The van der Waals surface area contributed by atoms with E-state index in [1.54, 1.807) is 18.2 Å². The molecule has 1 aliphatic rings. The Morgan fingerprint density at radius 3 is 2.80 bits per heavy atom. The van der Waals surface area contributed by atoms with Gasteiger partial charge in [-0.25, -0.2) is 8.78 Å². The Balaban J connectivity index is 2.32. The van der Waals surface area contributed by atoms with Crippen LogP contribution in [0.3, 0.4) is 0 Å². The summed E-state index contributed by atoms with van der Waals surface area (Å²) in [5.74, 6) is -2.39. The van der Waals surface area contributed by atoms with Gasteiger partial charge in [-0.3, -0.25) is 0 Å². The number of anilines is 1. The minimum atomic E-state index is -3.00. The zero-order chi connectivity index (χ0) is 14.8. The van der Waals surface area contributed by atoms with Crippen molar-refractivity contribution in [3.05, 3.63) is 29.3 Å². The number of aliphatic hydroxyl groups is 1. The van der Waals surface area contributed by atoms with Crippen molar-refractivity contribution in [2.75, 3.05) is 12.4 Å². The number of ether oxygens (including phenoxy) is 1. The van der Waals surface area contributed by atoms with Crippen molar-refractivity contribution in [3.63, 3.8) is 0 Å². The van der Waals surface area contributed by atoms with Gasteiger partial charge in [0.1, 0.15) is 5.75 Å². The number of aliphatic hydroxyl groups excluding tert-OH is 1. The Labute approximate surface area is 117 Å². The van der Waals surface area contributed by atoms with Gasteiger partial charge in [0.05, 0.1) is 7.11 Å². The average molecular weight is 283 g/mol. The van der Waals surface area contributed by atoms with Crippen molar-refractivity contribution in [1.82, 2.24) is 0 Å². The molecule has 2 rings (SSSR count). The van der Waals surface area contributed by atoms with Gasteiger partial charge in [-0.2, -0.15) is 0 Å². The minimum absolute atomic E-state index is 0.250. The number of hydrogen-bond acceptors (Lipinski definition) is 3. The zero-order valence-corrected chi connectivity index (χ0v) is 11.6. The van der Waals surface area contributed by atoms with Crippen LogP contribution in [0.4, 0.5) is 14.5 Å². The molecule has 3 nitrogen and oxygen atoms in total. The van der Waals surface area contributed by atoms with Crippen molar-refractivity contribution in [2.24, 2.45) is 0 Å². The molecule has 1 atom stereocenters. The predicted octanol–water partition coefficient (Wildman–Crippen LogP) is 3.65. The molecule has 0 spiro atoms. The molecule has 5 heteroatoms. The highest BCUT2D eigenvalue weighted by molar-refractivity contribution is 5.74. The molecule has 0 radical (unpaired) electrons. The summed E-state index contributed by atoms with van der Waals surface area (Å²) in [7, 11) is 1.53. The molecule has 0 aliphatic carbocycles. The largest absolute Gasteiger partial charge is 0.497 e. The van der Waals surface area contributed by atoms with E-state index in [1.165, 1.54) is 13.2 Å². The second-order valence-electron chi connectivity index (χ2n) is 4.91. The van der Waals surface area contributed by atoms with E-state index in [0.717, 1.165) is 0 Å². The molecule has 1 aromatic rings. The summed E-state index contributed by atoms with van der Waals surface area (Å²) in [6.45, 7) is 1.86. The molecule has 0 aromatic heterocycles. The van der Waals surface area contributed by atoms with Crippen LogP contribution >= 0.6 is 0 Å². The van der Waals surface area contributed by atoms with Crippen molar-refractivity contribution in [1.29, 1.82) is 0 Å². The zero-order valence-electron chi connectivity index (χ0n) is 11.6. The van der Waals surface area contributed by atoms with Gasteiger partial charge in [0.2, 0.25) is 0 Å². The molecule has 20 heavy (non-hydrogen) atoms. The van der Waals surface area contributed by atoms with Crippen LogP contribution in [0, 0.1) is 0 Å². The first-order valence-corrected chi connectivity index (χ1v) is 6.70. The third kappa shape index (κ3) is 2.93. The average Bonchev–Trinajstić information content (AvgIpc) is 2.43. The van der Waals surface area contributed by atoms with Crippen molar-refractivity contribution >= 4 is 11.8 Å². The lowest BCUT2D eigenvalue weighted by molar-refractivity contribution is 0.0103. The van der Waals surface area contributed by atoms with Crippen molar-refractivity contribution < 1.29 is 18.6 Å². The van der Waals surface area contributed by atoms with E-state index >= 15 is 0 Å². The summed E-state index contributed by atoms with van der Waals surface area (Å²) in [6, 6.07) is 5.08. The molecule has 1 heterocycles. The fourth-order valence-corrected chi connectivity index (χ4v) is 2.23. The minimum Gasteiger partial charge on any atom is -0.497 e. The molecule has 0 saturated carbocycles. The molecule has 1 aromatic carbocycles. The highest BCUT2D eigenvalue weighted by atomic mass is 19.3. The van der Waals surface area contributed by atoms with Gasteiger partial charge in [-0.15, -0.1) is 0 Å². The fourth-order valence-electron chi connectivity index (χ4n) is 2.23. The summed E-state index contributed by atoms with van der Waals surface area (Å²) < 4.78 is 33.3. The molecule has 110 valence electrons. The number of halogens is 2. The number of unbranched alkanes of at least 4 members (excludes halogenated alkanes) is 1. The van der Waals surface area contributed by atoms with Gasteiger partial charge >= 0.3 is 0 Å². The standard InChI is InChI=1S/C15H19F2NO2/c1-3-4-7-15(16,17)12-8-10-5-6-11(20-2)9-13(10)18-14(12)19/h5-6,8-9,14,18-19H,3-4,7H2,1-2H3. The Kier molecular flexibility index (Phi) is 4.28. The molecule has 0 amide bonds. The van der Waals surface area contributed by atoms with Gasteiger partial charge in [-0.1, -0.05) is 13.3 Å². The summed E-state index contributed by atoms with van der Waals surface area (Å²) in [5, 5.41) is 12.6. The molecule has 1 unspecified atom stereocenters.